The summed E-state index contributed by atoms with van der Waals surface area (Å²) in [5.41, 5.74) is 0.854. The van der Waals surface area contributed by atoms with Crippen LogP contribution in [-0.4, -0.2) is 40.3 Å². The number of rotatable bonds is 7. The summed E-state index contributed by atoms with van der Waals surface area (Å²) >= 11 is 0. The van der Waals surface area contributed by atoms with Crippen molar-refractivity contribution < 1.29 is 19.0 Å². The van der Waals surface area contributed by atoms with Gasteiger partial charge in [-0.1, -0.05) is 6.92 Å². The number of ether oxygens (including phenoxy) is 3. The molecule has 1 atom stereocenters. The maximum atomic E-state index is 12.2. The van der Waals surface area contributed by atoms with Gasteiger partial charge in [-0.05, 0) is 31.1 Å². The molecule has 1 heterocycles. The third-order valence-corrected chi connectivity index (χ3v) is 4.17. The predicted molar refractivity (Wildman–Crippen MR) is 83.5 cm³/mol. The lowest BCUT2D eigenvalue weighted by Gasteiger charge is -2.31. The van der Waals surface area contributed by atoms with Crippen LogP contribution in [0.1, 0.15) is 12.5 Å². The van der Waals surface area contributed by atoms with Gasteiger partial charge in [0.05, 0.1) is 21.3 Å². The smallest absolute Gasteiger partial charge is 0.223 e. The minimum atomic E-state index is 0.00684. The van der Waals surface area contributed by atoms with Crippen molar-refractivity contribution in [1.29, 1.82) is 0 Å². The largest absolute Gasteiger partial charge is 0.493 e. The summed E-state index contributed by atoms with van der Waals surface area (Å²) in [6, 6.07) is 3.68. The molecule has 6 nitrogen and oxygen atoms in total. The van der Waals surface area contributed by atoms with E-state index in [1.54, 1.807) is 21.3 Å². The van der Waals surface area contributed by atoms with Crippen molar-refractivity contribution in [1.82, 2.24) is 10.6 Å². The Morgan fingerprint density at radius 1 is 1.23 bits per heavy atom. The number of carbonyl (C=O) groups excluding carboxylic acids is 1. The maximum absolute atomic E-state index is 12.2. The zero-order valence-corrected chi connectivity index (χ0v) is 13.6. The van der Waals surface area contributed by atoms with Crippen molar-refractivity contribution in [3.8, 4) is 17.2 Å². The highest BCUT2D eigenvalue weighted by Gasteiger charge is 2.28. The normalized spacial score (nSPS) is 15.6. The molecule has 1 fully saturated rings. The van der Waals surface area contributed by atoms with Crippen LogP contribution in [0.5, 0.6) is 17.2 Å². The van der Waals surface area contributed by atoms with Crippen molar-refractivity contribution in [3.05, 3.63) is 17.7 Å². The van der Waals surface area contributed by atoms with Gasteiger partial charge >= 0.3 is 0 Å². The Kier molecular flexibility index (Phi) is 5.49. The van der Waals surface area contributed by atoms with Gasteiger partial charge in [0, 0.05) is 18.0 Å². The van der Waals surface area contributed by atoms with Crippen LogP contribution in [0, 0.1) is 11.8 Å². The van der Waals surface area contributed by atoms with Crippen LogP contribution in [-0.2, 0) is 11.3 Å². The number of hydrogen-bond donors (Lipinski definition) is 2. The van der Waals surface area contributed by atoms with Crippen LogP contribution >= 0.6 is 0 Å². The summed E-state index contributed by atoms with van der Waals surface area (Å²) < 4.78 is 16.0. The third kappa shape index (κ3) is 3.27. The molecule has 6 heteroatoms. The maximum Gasteiger partial charge on any atom is 0.223 e. The third-order valence-electron chi connectivity index (χ3n) is 4.17. The van der Waals surface area contributed by atoms with Crippen LogP contribution in [0.3, 0.4) is 0 Å². The zero-order chi connectivity index (χ0) is 16.1. The molecule has 1 aliphatic rings. The summed E-state index contributed by atoms with van der Waals surface area (Å²) in [5, 5.41) is 6.15. The van der Waals surface area contributed by atoms with Crippen LogP contribution in [0.25, 0.3) is 0 Å². The molecule has 1 aliphatic heterocycles. The van der Waals surface area contributed by atoms with E-state index in [0.717, 1.165) is 18.7 Å². The van der Waals surface area contributed by atoms with Gasteiger partial charge in [-0.3, -0.25) is 4.79 Å². The van der Waals surface area contributed by atoms with Gasteiger partial charge in [-0.15, -0.1) is 0 Å². The van der Waals surface area contributed by atoms with Crippen LogP contribution < -0.4 is 24.8 Å². The Morgan fingerprint density at radius 3 is 2.41 bits per heavy atom. The van der Waals surface area contributed by atoms with E-state index >= 15 is 0 Å². The molecule has 1 amide bonds. The van der Waals surface area contributed by atoms with Crippen molar-refractivity contribution in [2.75, 3.05) is 34.4 Å². The van der Waals surface area contributed by atoms with Crippen LogP contribution in [0.2, 0.25) is 0 Å². The summed E-state index contributed by atoms with van der Waals surface area (Å²) in [5.74, 6) is 2.21. The van der Waals surface area contributed by atoms with E-state index in [-0.39, 0.29) is 11.8 Å². The molecule has 0 aromatic heterocycles. The number of methoxy groups -OCH3 is 3. The molecular weight excluding hydrogens is 284 g/mol. The number of hydrogen-bond acceptors (Lipinski definition) is 5. The number of nitrogens with one attached hydrogen (secondary N) is 2. The quantitative estimate of drug-likeness (QED) is 0.792. The summed E-state index contributed by atoms with van der Waals surface area (Å²) in [6.45, 7) is 4.18. The second-order valence-electron chi connectivity index (χ2n) is 5.42. The predicted octanol–water partition coefficient (Wildman–Crippen LogP) is 1.18. The summed E-state index contributed by atoms with van der Waals surface area (Å²) in [7, 11) is 4.72. The molecule has 0 aliphatic carbocycles. The first-order valence-electron chi connectivity index (χ1n) is 7.38. The Morgan fingerprint density at radius 2 is 1.91 bits per heavy atom. The molecule has 0 radical (unpaired) electrons. The van der Waals surface area contributed by atoms with Gasteiger partial charge in [0.25, 0.3) is 0 Å². The zero-order valence-electron chi connectivity index (χ0n) is 13.6. The van der Waals surface area contributed by atoms with Gasteiger partial charge in [-0.25, -0.2) is 0 Å². The van der Waals surface area contributed by atoms with Crippen molar-refractivity contribution in [3.63, 3.8) is 0 Å². The first-order valence-corrected chi connectivity index (χ1v) is 7.38. The molecule has 22 heavy (non-hydrogen) atoms. The Hall–Kier alpha value is -1.95. The topological polar surface area (TPSA) is 68.8 Å². The van der Waals surface area contributed by atoms with E-state index in [0.29, 0.717) is 29.7 Å². The highest BCUT2D eigenvalue weighted by Crippen LogP contribution is 2.39. The van der Waals surface area contributed by atoms with Gasteiger partial charge in [-0.2, -0.15) is 0 Å². The minimum absolute atomic E-state index is 0.00684. The molecule has 2 N–H and O–H groups in total. The van der Waals surface area contributed by atoms with Crippen molar-refractivity contribution in [2.45, 2.75) is 13.5 Å². The molecular formula is C16H24N2O4. The fourth-order valence-corrected chi connectivity index (χ4v) is 2.52. The molecule has 1 aromatic rings. The van der Waals surface area contributed by atoms with Gasteiger partial charge in [0.2, 0.25) is 11.7 Å². The molecule has 0 bridgehead atoms. The minimum Gasteiger partial charge on any atom is -0.493 e. The molecule has 1 aromatic carbocycles. The van der Waals surface area contributed by atoms with Crippen molar-refractivity contribution >= 4 is 5.91 Å². The van der Waals surface area contributed by atoms with E-state index in [1.807, 2.05) is 19.1 Å². The summed E-state index contributed by atoms with van der Waals surface area (Å²) in [4.78, 5) is 12.2. The molecule has 0 spiro atoms. The monoisotopic (exact) mass is 308 g/mol. The fourth-order valence-electron chi connectivity index (χ4n) is 2.52. The fraction of sp³-hybridized carbons (Fsp3) is 0.562. The average molecular weight is 308 g/mol. The number of amides is 1. The molecule has 122 valence electrons. The summed E-state index contributed by atoms with van der Waals surface area (Å²) in [6.07, 6.45) is 0. The van der Waals surface area contributed by atoms with E-state index in [2.05, 4.69) is 10.6 Å². The van der Waals surface area contributed by atoms with Gasteiger partial charge in [0.1, 0.15) is 0 Å². The lowest BCUT2D eigenvalue weighted by Crippen LogP contribution is -2.49. The van der Waals surface area contributed by atoms with Crippen molar-refractivity contribution in [2.24, 2.45) is 11.8 Å². The van der Waals surface area contributed by atoms with Gasteiger partial charge < -0.3 is 24.8 Å². The van der Waals surface area contributed by atoms with E-state index in [9.17, 15) is 4.79 Å². The SMILES string of the molecule is COc1ccc(CNC(=O)C(C)C2CNC2)c(OC)c1OC. The van der Waals surface area contributed by atoms with Gasteiger partial charge in [0.15, 0.2) is 11.5 Å². The molecule has 0 saturated carbocycles. The first kappa shape index (κ1) is 16.4. The second-order valence-corrected chi connectivity index (χ2v) is 5.42. The Bertz CT molecular complexity index is 529. The lowest BCUT2D eigenvalue weighted by atomic mass is 9.88. The number of benzene rings is 1. The Labute approximate surface area is 131 Å². The lowest BCUT2D eigenvalue weighted by molar-refractivity contribution is -0.126. The standard InChI is InChI=1S/C16H24N2O4/c1-10(12-7-17-8-12)16(19)18-9-11-5-6-13(20-2)15(22-4)14(11)21-3/h5-6,10,12,17H,7-9H2,1-4H3,(H,18,19). The van der Waals surface area contributed by atoms with E-state index in [4.69, 9.17) is 14.2 Å². The number of carbonyl (C=O) groups is 1. The van der Waals surface area contributed by atoms with E-state index < -0.39 is 0 Å². The average Bonchev–Trinajstić information content (AvgIpc) is 2.49. The Balaban J connectivity index is 2.07. The first-order chi connectivity index (χ1) is 10.6. The van der Waals surface area contributed by atoms with E-state index in [1.165, 1.54) is 0 Å². The highest BCUT2D eigenvalue weighted by atomic mass is 16.5. The molecule has 2 rings (SSSR count). The molecule has 1 unspecified atom stereocenters. The molecule has 1 saturated heterocycles. The van der Waals surface area contributed by atoms with Crippen LogP contribution in [0.4, 0.5) is 0 Å². The second kappa shape index (κ2) is 7.35. The highest BCUT2D eigenvalue weighted by molar-refractivity contribution is 5.79. The van der Waals surface area contributed by atoms with Crippen LogP contribution in [0.15, 0.2) is 12.1 Å².